The first-order chi connectivity index (χ1) is 15.6. The zero-order chi connectivity index (χ0) is 22.7. The third-order valence-corrected chi connectivity index (χ3v) is 6.04. The molecule has 1 aliphatic rings. The van der Waals surface area contributed by atoms with Gasteiger partial charge in [0.2, 0.25) is 5.76 Å². The van der Waals surface area contributed by atoms with Gasteiger partial charge in [-0.2, -0.15) is 0 Å². The summed E-state index contributed by atoms with van der Waals surface area (Å²) in [5, 5.41) is 0.448. The van der Waals surface area contributed by atoms with Crippen molar-refractivity contribution < 1.29 is 13.9 Å². The quantitative estimate of drug-likeness (QED) is 0.508. The molecule has 1 atom stereocenters. The van der Waals surface area contributed by atoms with Crippen molar-refractivity contribution in [1.29, 1.82) is 0 Å². The molecule has 32 heavy (non-hydrogen) atoms. The molecule has 1 aliphatic heterocycles. The van der Waals surface area contributed by atoms with Gasteiger partial charge in [-0.05, 0) is 62.8 Å². The molecule has 7 nitrogen and oxygen atoms in total. The zero-order valence-corrected chi connectivity index (χ0v) is 18.8. The van der Waals surface area contributed by atoms with Crippen molar-refractivity contribution >= 4 is 16.9 Å². The number of nitrogens with zero attached hydrogens (tertiary/aromatic N) is 3. The number of hydrogen-bond donors (Lipinski definition) is 0. The minimum Gasteiger partial charge on any atom is -0.494 e. The Labute approximate surface area is 187 Å². The highest BCUT2D eigenvalue weighted by Crippen LogP contribution is 2.38. The average Bonchev–Trinajstić information content (AvgIpc) is 3.09. The van der Waals surface area contributed by atoms with Crippen LogP contribution in [-0.4, -0.2) is 53.5 Å². The Kier molecular flexibility index (Phi) is 6.55. The highest BCUT2D eigenvalue weighted by molar-refractivity contribution is 5.99. The van der Waals surface area contributed by atoms with E-state index < -0.39 is 6.04 Å². The number of carbonyl (C=O) groups is 1. The molecule has 1 amide bonds. The highest BCUT2D eigenvalue weighted by Gasteiger charge is 2.42. The molecule has 0 saturated carbocycles. The Morgan fingerprint density at radius 3 is 2.53 bits per heavy atom. The van der Waals surface area contributed by atoms with E-state index >= 15 is 0 Å². The Balaban J connectivity index is 1.77. The summed E-state index contributed by atoms with van der Waals surface area (Å²) in [6, 6.07) is 8.37. The maximum Gasteiger partial charge on any atom is 0.290 e. The standard InChI is InChI=1S/C25H29N3O4/c1-4-27(5-2)14-7-15-28-22(17-10-12-26-13-11-17)21-23(29)19-9-8-18(31-6-3)16-20(19)32-24(21)25(28)30/h8-13,16,22H,4-7,14-15H2,1-3H3. The molecule has 1 unspecified atom stereocenters. The maximum atomic E-state index is 13.5. The van der Waals surface area contributed by atoms with Gasteiger partial charge >= 0.3 is 0 Å². The van der Waals surface area contributed by atoms with E-state index in [4.69, 9.17) is 9.15 Å². The van der Waals surface area contributed by atoms with E-state index in [0.29, 0.717) is 35.4 Å². The SMILES string of the molecule is CCOc1ccc2c(=O)c3c(oc2c1)C(=O)N(CCCN(CC)CC)C3c1ccncc1. The van der Waals surface area contributed by atoms with Crippen LogP contribution in [0.4, 0.5) is 0 Å². The van der Waals surface area contributed by atoms with E-state index in [-0.39, 0.29) is 17.1 Å². The molecule has 4 rings (SSSR count). The average molecular weight is 436 g/mol. The number of aromatic nitrogens is 1. The van der Waals surface area contributed by atoms with Gasteiger partial charge in [-0.15, -0.1) is 0 Å². The molecule has 2 aromatic heterocycles. The minimum absolute atomic E-state index is 0.126. The molecular formula is C25H29N3O4. The maximum absolute atomic E-state index is 13.5. The molecule has 0 N–H and O–H groups in total. The molecule has 3 heterocycles. The monoisotopic (exact) mass is 435 g/mol. The molecule has 3 aromatic rings. The van der Waals surface area contributed by atoms with Gasteiger partial charge in [0.25, 0.3) is 5.91 Å². The largest absolute Gasteiger partial charge is 0.494 e. The summed E-state index contributed by atoms with van der Waals surface area (Å²) in [5.41, 5.74) is 1.45. The number of ether oxygens (including phenoxy) is 1. The lowest BCUT2D eigenvalue weighted by atomic mass is 9.99. The van der Waals surface area contributed by atoms with Crippen LogP contribution in [0.5, 0.6) is 5.75 Å². The number of benzene rings is 1. The van der Waals surface area contributed by atoms with Crippen molar-refractivity contribution in [2.75, 3.05) is 32.8 Å². The molecule has 0 radical (unpaired) electrons. The summed E-state index contributed by atoms with van der Waals surface area (Å²) in [6.07, 6.45) is 4.18. The smallest absolute Gasteiger partial charge is 0.290 e. The second kappa shape index (κ2) is 9.53. The molecule has 0 spiro atoms. The van der Waals surface area contributed by atoms with Crippen LogP contribution in [0, 0.1) is 0 Å². The molecule has 0 aliphatic carbocycles. The van der Waals surface area contributed by atoms with E-state index in [1.165, 1.54) is 0 Å². The summed E-state index contributed by atoms with van der Waals surface area (Å²) in [7, 11) is 0. The van der Waals surface area contributed by atoms with Crippen molar-refractivity contribution in [2.45, 2.75) is 33.2 Å². The van der Waals surface area contributed by atoms with Gasteiger partial charge in [0.15, 0.2) is 5.43 Å². The van der Waals surface area contributed by atoms with Crippen LogP contribution in [0.15, 0.2) is 51.9 Å². The third-order valence-electron chi connectivity index (χ3n) is 6.04. The van der Waals surface area contributed by atoms with Crippen molar-refractivity contribution in [3.05, 3.63) is 69.8 Å². The van der Waals surface area contributed by atoms with Crippen LogP contribution < -0.4 is 10.2 Å². The number of pyridine rings is 1. The van der Waals surface area contributed by atoms with Crippen LogP contribution in [0.1, 0.15) is 54.9 Å². The lowest BCUT2D eigenvalue weighted by Crippen LogP contribution is -2.33. The topological polar surface area (TPSA) is 75.9 Å². The van der Waals surface area contributed by atoms with E-state index in [1.807, 2.05) is 19.1 Å². The number of rotatable bonds is 9. The summed E-state index contributed by atoms with van der Waals surface area (Å²) in [4.78, 5) is 35.2. The fourth-order valence-corrected chi connectivity index (χ4v) is 4.38. The molecule has 1 aromatic carbocycles. The summed E-state index contributed by atoms with van der Waals surface area (Å²) >= 11 is 0. The van der Waals surface area contributed by atoms with Crippen LogP contribution >= 0.6 is 0 Å². The van der Waals surface area contributed by atoms with Gasteiger partial charge in [0.1, 0.15) is 11.3 Å². The van der Waals surface area contributed by atoms with Crippen molar-refractivity contribution in [3.63, 3.8) is 0 Å². The zero-order valence-electron chi connectivity index (χ0n) is 18.8. The van der Waals surface area contributed by atoms with Crippen LogP contribution in [-0.2, 0) is 0 Å². The third kappa shape index (κ3) is 4.00. The predicted molar refractivity (Wildman–Crippen MR) is 123 cm³/mol. The van der Waals surface area contributed by atoms with E-state index in [0.717, 1.165) is 31.6 Å². The number of carbonyl (C=O) groups excluding carboxylic acids is 1. The van der Waals surface area contributed by atoms with Crippen molar-refractivity contribution in [3.8, 4) is 5.75 Å². The first-order valence-corrected chi connectivity index (χ1v) is 11.3. The van der Waals surface area contributed by atoms with Gasteiger partial charge in [-0.1, -0.05) is 13.8 Å². The lowest BCUT2D eigenvalue weighted by molar-refractivity contribution is 0.0720. The number of hydrogen-bond acceptors (Lipinski definition) is 6. The second-order valence-electron chi connectivity index (χ2n) is 7.83. The summed E-state index contributed by atoms with van der Waals surface area (Å²) in [5.74, 6) is 0.485. The molecule has 0 bridgehead atoms. The van der Waals surface area contributed by atoms with Gasteiger partial charge < -0.3 is 19.0 Å². The van der Waals surface area contributed by atoms with Gasteiger partial charge in [-0.3, -0.25) is 14.6 Å². The first-order valence-electron chi connectivity index (χ1n) is 11.3. The van der Waals surface area contributed by atoms with E-state index in [1.54, 1.807) is 35.5 Å². The molecule has 0 fully saturated rings. The predicted octanol–water partition coefficient (Wildman–Crippen LogP) is 3.86. The van der Waals surface area contributed by atoms with E-state index in [9.17, 15) is 9.59 Å². The van der Waals surface area contributed by atoms with Gasteiger partial charge in [0, 0.05) is 25.0 Å². The lowest BCUT2D eigenvalue weighted by Gasteiger charge is -2.26. The second-order valence-corrected chi connectivity index (χ2v) is 7.83. The van der Waals surface area contributed by atoms with Crippen molar-refractivity contribution in [2.24, 2.45) is 0 Å². The molecule has 168 valence electrons. The van der Waals surface area contributed by atoms with Crippen LogP contribution in [0.3, 0.4) is 0 Å². The Morgan fingerprint density at radius 2 is 1.84 bits per heavy atom. The molecule has 7 heteroatoms. The molecular weight excluding hydrogens is 406 g/mol. The Bertz CT molecular complexity index is 1160. The summed E-state index contributed by atoms with van der Waals surface area (Å²) < 4.78 is 11.6. The fourth-order valence-electron chi connectivity index (χ4n) is 4.38. The highest BCUT2D eigenvalue weighted by atomic mass is 16.5. The molecule has 0 saturated heterocycles. The van der Waals surface area contributed by atoms with Crippen LogP contribution in [0.25, 0.3) is 11.0 Å². The first kappa shape index (κ1) is 22.0. The normalized spacial score (nSPS) is 15.6. The number of fused-ring (bicyclic) bond motifs is 2. The summed E-state index contributed by atoms with van der Waals surface area (Å²) in [6.45, 7) is 10.0. The fraction of sp³-hybridized carbons (Fsp3) is 0.400. The Morgan fingerprint density at radius 1 is 1.09 bits per heavy atom. The van der Waals surface area contributed by atoms with E-state index in [2.05, 4.69) is 23.7 Å². The van der Waals surface area contributed by atoms with Gasteiger partial charge in [0.05, 0.1) is 23.6 Å². The minimum atomic E-state index is -0.482. The van der Waals surface area contributed by atoms with Gasteiger partial charge in [-0.25, -0.2) is 0 Å². The Hall–Kier alpha value is -3.19. The van der Waals surface area contributed by atoms with Crippen LogP contribution in [0.2, 0.25) is 0 Å². The number of amides is 1. The van der Waals surface area contributed by atoms with Crippen molar-refractivity contribution in [1.82, 2.24) is 14.8 Å².